The number of carbonyl (C=O) groups excluding carboxylic acids is 1. The highest BCUT2D eigenvalue weighted by atomic mass is 32.2. The van der Waals surface area contributed by atoms with Crippen molar-refractivity contribution in [2.45, 2.75) is 32.1 Å². The molecule has 0 aliphatic carbocycles. The fourth-order valence-electron chi connectivity index (χ4n) is 3.12. The molecule has 0 bridgehead atoms. The molecule has 1 aromatic heterocycles. The Balaban J connectivity index is 1.95. The van der Waals surface area contributed by atoms with E-state index in [-0.39, 0.29) is 12.1 Å². The van der Waals surface area contributed by atoms with Crippen molar-refractivity contribution in [1.82, 2.24) is 14.8 Å². The average Bonchev–Trinajstić information content (AvgIpc) is 2.52. The Hall–Kier alpha value is -1.27. The minimum Gasteiger partial charge on any atom is -0.324 e. The summed E-state index contributed by atoms with van der Waals surface area (Å²) in [6.07, 6.45) is 2.78. The number of amides is 2. The predicted octanol–water partition coefficient (Wildman–Crippen LogP) is 3.14. The normalized spacial score (nSPS) is 21.9. The maximum absolute atomic E-state index is 12.5. The van der Waals surface area contributed by atoms with Crippen LogP contribution in [0.3, 0.4) is 0 Å². The van der Waals surface area contributed by atoms with E-state index in [1.165, 1.54) is 5.56 Å². The Bertz CT molecular complexity index is 525. The van der Waals surface area contributed by atoms with E-state index < -0.39 is 0 Å². The third-order valence-corrected chi connectivity index (χ3v) is 5.36. The van der Waals surface area contributed by atoms with Gasteiger partial charge in [-0.2, -0.15) is 11.8 Å². The molecular formula is C17H28N4OS. The molecule has 1 aliphatic rings. The number of hydrogen-bond acceptors (Lipinski definition) is 4. The zero-order chi connectivity index (χ0) is 16.8. The van der Waals surface area contributed by atoms with Gasteiger partial charge in [-0.15, -0.1) is 0 Å². The van der Waals surface area contributed by atoms with Crippen LogP contribution in [0, 0.1) is 5.92 Å². The molecule has 1 fully saturated rings. The number of aromatic nitrogens is 1. The molecule has 2 heterocycles. The van der Waals surface area contributed by atoms with Crippen LogP contribution >= 0.6 is 11.8 Å². The third kappa shape index (κ3) is 5.11. The van der Waals surface area contributed by atoms with Gasteiger partial charge in [0, 0.05) is 31.6 Å². The molecular weight excluding hydrogens is 308 g/mol. The van der Waals surface area contributed by atoms with Crippen molar-refractivity contribution in [3.63, 3.8) is 0 Å². The van der Waals surface area contributed by atoms with Crippen molar-refractivity contribution in [2.75, 3.05) is 38.3 Å². The van der Waals surface area contributed by atoms with Gasteiger partial charge in [0.15, 0.2) is 0 Å². The van der Waals surface area contributed by atoms with E-state index in [2.05, 4.69) is 36.1 Å². The zero-order valence-electron chi connectivity index (χ0n) is 14.6. The summed E-state index contributed by atoms with van der Waals surface area (Å²) in [5.74, 6) is 3.14. The minimum atomic E-state index is -0.0702. The van der Waals surface area contributed by atoms with Crippen molar-refractivity contribution in [1.29, 1.82) is 0 Å². The average molecular weight is 337 g/mol. The molecule has 5 nitrogen and oxygen atoms in total. The van der Waals surface area contributed by atoms with Crippen LogP contribution in [0.5, 0.6) is 0 Å². The predicted molar refractivity (Wildman–Crippen MR) is 97.9 cm³/mol. The summed E-state index contributed by atoms with van der Waals surface area (Å²) in [5, 5.41) is 2.94. The Labute approximate surface area is 143 Å². The van der Waals surface area contributed by atoms with Crippen LogP contribution in [0.15, 0.2) is 18.3 Å². The summed E-state index contributed by atoms with van der Waals surface area (Å²) in [6.45, 7) is 6.43. The number of carbonyl (C=O) groups is 1. The molecule has 128 valence electrons. The Morgan fingerprint density at radius 1 is 1.57 bits per heavy atom. The monoisotopic (exact) mass is 336 g/mol. The number of pyridine rings is 1. The molecule has 2 rings (SSSR count). The lowest BCUT2D eigenvalue weighted by atomic mass is 9.93. The second-order valence-electron chi connectivity index (χ2n) is 6.32. The number of rotatable bonds is 5. The molecule has 2 amide bonds. The van der Waals surface area contributed by atoms with Gasteiger partial charge in [0.05, 0.1) is 0 Å². The standard InChI is InChI=1S/C17H28N4OS/c1-5-23-12-14-6-8-18-16(10-14)19-17(22)21(4)15-7-9-20(3)11-13(15)2/h6,8,10,13,15H,5,7,9,11-12H2,1-4H3,(H,18,19,22). The SMILES string of the molecule is CCSCc1ccnc(NC(=O)N(C)C2CCN(C)CC2C)c1. The Kier molecular flexibility index (Phi) is 6.72. The first kappa shape index (κ1) is 18.1. The third-order valence-electron chi connectivity index (χ3n) is 4.41. The Morgan fingerprint density at radius 2 is 2.35 bits per heavy atom. The van der Waals surface area contributed by atoms with Crippen molar-refractivity contribution >= 4 is 23.6 Å². The molecule has 2 unspecified atom stereocenters. The number of anilines is 1. The first-order valence-electron chi connectivity index (χ1n) is 8.26. The molecule has 1 aromatic rings. The number of urea groups is 1. The maximum atomic E-state index is 12.5. The van der Waals surface area contributed by atoms with Gasteiger partial charge in [-0.1, -0.05) is 13.8 Å². The molecule has 1 saturated heterocycles. The van der Waals surface area contributed by atoms with Gasteiger partial charge in [-0.3, -0.25) is 5.32 Å². The quantitative estimate of drug-likeness (QED) is 0.897. The number of hydrogen-bond donors (Lipinski definition) is 1. The van der Waals surface area contributed by atoms with E-state index in [0.717, 1.165) is 31.0 Å². The van der Waals surface area contributed by atoms with Crippen LogP contribution in [0.4, 0.5) is 10.6 Å². The largest absolute Gasteiger partial charge is 0.324 e. The molecule has 1 N–H and O–H groups in total. The summed E-state index contributed by atoms with van der Waals surface area (Å²) in [7, 11) is 4.02. The lowest BCUT2D eigenvalue weighted by molar-refractivity contribution is 0.113. The van der Waals surface area contributed by atoms with E-state index in [1.807, 2.05) is 35.8 Å². The van der Waals surface area contributed by atoms with Crippen molar-refractivity contribution in [3.05, 3.63) is 23.9 Å². The van der Waals surface area contributed by atoms with Crippen LogP contribution in [0.25, 0.3) is 0 Å². The fraction of sp³-hybridized carbons (Fsp3) is 0.647. The van der Waals surface area contributed by atoms with Gasteiger partial charge < -0.3 is 9.80 Å². The van der Waals surface area contributed by atoms with E-state index in [0.29, 0.717) is 11.7 Å². The molecule has 2 atom stereocenters. The molecule has 0 spiro atoms. The molecule has 23 heavy (non-hydrogen) atoms. The van der Waals surface area contributed by atoms with Crippen molar-refractivity contribution in [3.8, 4) is 0 Å². The summed E-state index contributed by atoms with van der Waals surface area (Å²) in [5.41, 5.74) is 1.19. The van der Waals surface area contributed by atoms with Gasteiger partial charge in [-0.05, 0) is 49.4 Å². The lowest BCUT2D eigenvalue weighted by Crippen LogP contribution is -2.50. The zero-order valence-corrected chi connectivity index (χ0v) is 15.4. The van der Waals surface area contributed by atoms with Crippen LogP contribution in [0.2, 0.25) is 0 Å². The van der Waals surface area contributed by atoms with Gasteiger partial charge in [0.25, 0.3) is 0 Å². The molecule has 6 heteroatoms. The smallest absolute Gasteiger partial charge is 0.323 e. The first-order valence-corrected chi connectivity index (χ1v) is 9.41. The molecule has 0 aromatic carbocycles. The summed E-state index contributed by atoms with van der Waals surface area (Å²) >= 11 is 1.86. The second-order valence-corrected chi connectivity index (χ2v) is 7.60. The maximum Gasteiger partial charge on any atom is 0.323 e. The summed E-state index contributed by atoms with van der Waals surface area (Å²) < 4.78 is 0. The summed E-state index contributed by atoms with van der Waals surface area (Å²) in [6, 6.07) is 4.18. The highest BCUT2D eigenvalue weighted by Crippen LogP contribution is 2.21. The van der Waals surface area contributed by atoms with E-state index in [1.54, 1.807) is 6.20 Å². The highest BCUT2D eigenvalue weighted by Gasteiger charge is 2.30. The number of piperidine rings is 1. The van der Waals surface area contributed by atoms with Crippen molar-refractivity contribution < 1.29 is 4.79 Å². The number of likely N-dealkylation sites (tertiary alicyclic amines) is 1. The number of nitrogens with one attached hydrogen (secondary N) is 1. The fourth-order valence-corrected chi connectivity index (χ4v) is 3.74. The van der Waals surface area contributed by atoms with Crippen LogP contribution in [0.1, 0.15) is 25.8 Å². The van der Waals surface area contributed by atoms with Gasteiger partial charge >= 0.3 is 6.03 Å². The minimum absolute atomic E-state index is 0.0702. The second kappa shape index (κ2) is 8.55. The molecule has 0 radical (unpaired) electrons. The van der Waals surface area contributed by atoms with Crippen LogP contribution in [-0.4, -0.2) is 59.8 Å². The van der Waals surface area contributed by atoms with Gasteiger partial charge in [0.1, 0.15) is 5.82 Å². The first-order chi connectivity index (χ1) is 11.0. The molecule has 1 aliphatic heterocycles. The topological polar surface area (TPSA) is 48.5 Å². The van der Waals surface area contributed by atoms with Gasteiger partial charge in [0.2, 0.25) is 0 Å². The van der Waals surface area contributed by atoms with Crippen LogP contribution in [-0.2, 0) is 5.75 Å². The van der Waals surface area contributed by atoms with E-state index in [9.17, 15) is 4.79 Å². The highest BCUT2D eigenvalue weighted by molar-refractivity contribution is 7.98. The molecule has 0 saturated carbocycles. The lowest BCUT2D eigenvalue weighted by Gasteiger charge is -2.39. The van der Waals surface area contributed by atoms with Crippen molar-refractivity contribution in [2.24, 2.45) is 5.92 Å². The van der Waals surface area contributed by atoms with Crippen LogP contribution < -0.4 is 5.32 Å². The Morgan fingerprint density at radius 3 is 3.04 bits per heavy atom. The number of nitrogens with zero attached hydrogens (tertiary/aromatic N) is 3. The van der Waals surface area contributed by atoms with Gasteiger partial charge in [-0.25, -0.2) is 9.78 Å². The summed E-state index contributed by atoms with van der Waals surface area (Å²) in [4.78, 5) is 21.0. The number of thioether (sulfide) groups is 1. The van der Waals surface area contributed by atoms with E-state index in [4.69, 9.17) is 0 Å². The van der Waals surface area contributed by atoms with E-state index >= 15 is 0 Å².